The molecule has 0 atom stereocenters. The van der Waals surface area contributed by atoms with Gasteiger partial charge in [0.1, 0.15) is 18.1 Å². The Bertz CT molecular complexity index is 982. The van der Waals surface area contributed by atoms with Gasteiger partial charge < -0.3 is 13.9 Å². The molecule has 0 unspecified atom stereocenters. The van der Waals surface area contributed by atoms with Crippen LogP contribution in [-0.4, -0.2) is 30.2 Å². The van der Waals surface area contributed by atoms with Gasteiger partial charge in [-0.3, -0.25) is 9.78 Å². The third-order valence-electron chi connectivity index (χ3n) is 3.63. The first-order valence-corrected chi connectivity index (χ1v) is 8.29. The van der Waals surface area contributed by atoms with Crippen molar-refractivity contribution in [3.63, 3.8) is 0 Å². The number of aromatic nitrogens is 1. The highest BCUT2D eigenvalue weighted by molar-refractivity contribution is 5.94. The summed E-state index contributed by atoms with van der Waals surface area (Å²) in [4.78, 5) is 27.3. The van der Waals surface area contributed by atoms with Crippen molar-refractivity contribution in [3.05, 3.63) is 83.6 Å². The number of para-hydroxylation sites is 1. The number of nitrogens with one attached hydrogen (secondary N) is 1. The van der Waals surface area contributed by atoms with Crippen molar-refractivity contribution in [1.82, 2.24) is 10.4 Å². The number of carbonyl (C=O) groups excluding carboxylic acids is 2. The molecule has 0 aliphatic heterocycles. The molecule has 2 aromatic heterocycles. The zero-order chi connectivity index (χ0) is 19.8. The summed E-state index contributed by atoms with van der Waals surface area (Å²) in [6.07, 6.45) is 4.51. The molecule has 1 N–H and O–H groups in total. The molecular weight excluding hydrogens is 362 g/mol. The number of amides is 1. The van der Waals surface area contributed by atoms with E-state index < -0.39 is 5.97 Å². The van der Waals surface area contributed by atoms with Crippen LogP contribution in [0.4, 0.5) is 0 Å². The van der Waals surface area contributed by atoms with Gasteiger partial charge >= 0.3 is 5.97 Å². The van der Waals surface area contributed by atoms with Crippen LogP contribution in [0.1, 0.15) is 32.2 Å². The van der Waals surface area contributed by atoms with Crippen LogP contribution in [-0.2, 0) is 11.3 Å². The number of pyridine rings is 1. The molecule has 0 saturated carbocycles. The molecule has 0 spiro atoms. The molecule has 142 valence electrons. The standard InChI is InChI=1S/C20H17N3O5/c1-26-20(25)18-9-8-16(28-18)13-27-17-7-3-2-5-14(17)12-22-23-19(24)15-6-4-10-21-11-15/h2-12H,13H2,1H3,(H,23,24)/b22-12-. The average Bonchev–Trinajstić information content (AvgIpc) is 3.22. The van der Waals surface area contributed by atoms with Crippen molar-refractivity contribution in [3.8, 4) is 5.75 Å². The summed E-state index contributed by atoms with van der Waals surface area (Å²) in [6.45, 7) is 0.115. The Labute approximate surface area is 160 Å². The van der Waals surface area contributed by atoms with E-state index >= 15 is 0 Å². The van der Waals surface area contributed by atoms with Crippen LogP contribution in [0, 0.1) is 0 Å². The van der Waals surface area contributed by atoms with Crippen LogP contribution in [0.3, 0.4) is 0 Å². The molecule has 0 bridgehead atoms. The minimum atomic E-state index is -0.553. The second-order valence-corrected chi connectivity index (χ2v) is 5.52. The fourth-order valence-corrected chi connectivity index (χ4v) is 2.26. The van der Waals surface area contributed by atoms with Crippen molar-refractivity contribution in [2.24, 2.45) is 5.10 Å². The van der Waals surface area contributed by atoms with Gasteiger partial charge in [0.05, 0.1) is 18.9 Å². The number of esters is 1. The van der Waals surface area contributed by atoms with Crippen molar-refractivity contribution in [2.45, 2.75) is 6.61 Å². The van der Waals surface area contributed by atoms with Crippen LogP contribution < -0.4 is 10.2 Å². The smallest absolute Gasteiger partial charge is 0.373 e. The number of methoxy groups -OCH3 is 1. The predicted molar refractivity (Wildman–Crippen MR) is 100 cm³/mol. The number of hydrogen-bond acceptors (Lipinski definition) is 7. The molecule has 0 saturated heterocycles. The zero-order valence-electron chi connectivity index (χ0n) is 15.0. The van der Waals surface area contributed by atoms with Gasteiger partial charge in [0.25, 0.3) is 5.91 Å². The minimum absolute atomic E-state index is 0.106. The summed E-state index contributed by atoms with van der Waals surface area (Å²) in [5, 5.41) is 3.96. The fourth-order valence-electron chi connectivity index (χ4n) is 2.26. The number of rotatable bonds is 7. The highest BCUT2D eigenvalue weighted by atomic mass is 16.5. The molecular formula is C20H17N3O5. The van der Waals surface area contributed by atoms with Crippen molar-refractivity contribution in [2.75, 3.05) is 7.11 Å². The molecule has 0 fully saturated rings. The van der Waals surface area contributed by atoms with Gasteiger partial charge in [-0.25, -0.2) is 10.2 Å². The van der Waals surface area contributed by atoms with Crippen LogP contribution in [0.2, 0.25) is 0 Å². The van der Waals surface area contributed by atoms with Crippen molar-refractivity contribution in [1.29, 1.82) is 0 Å². The second kappa shape index (κ2) is 9.13. The normalized spacial score (nSPS) is 10.6. The number of nitrogens with zero attached hydrogens (tertiary/aromatic N) is 2. The van der Waals surface area contributed by atoms with Gasteiger partial charge in [-0.2, -0.15) is 5.10 Å². The van der Waals surface area contributed by atoms with Gasteiger partial charge in [-0.1, -0.05) is 12.1 Å². The van der Waals surface area contributed by atoms with Crippen LogP contribution in [0.25, 0.3) is 0 Å². The Hall–Kier alpha value is -3.94. The molecule has 1 amide bonds. The summed E-state index contributed by atoms with van der Waals surface area (Å²) in [6, 6.07) is 13.6. The van der Waals surface area contributed by atoms with E-state index in [0.29, 0.717) is 22.6 Å². The van der Waals surface area contributed by atoms with E-state index in [4.69, 9.17) is 9.15 Å². The topological polar surface area (TPSA) is 103 Å². The van der Waals surface area contributed by atoms with E-state index in [1.165, 1.54) is 25.6 Å². The molecule has 8 heteroatoms. The third-order valence-corrected chi connectivity index (χ3v) is 3.63. The first kappa shape index (κ1) is 18.8. The van der Waals surface area contributed by atoms with E-state index in [1.54, 1.807) is 36.5 Å². The SMILES string of the molecule is COC(=O)c1ccc(COc2ccccc2/C=N\NC(=O)c2cccnc2)o1. The van der Waals surface area contributed by atoms with Gasteiger partial charge in [-0.05, 0) is 36.4 Å². The Morgan fingerprint density at radius 1 is 1.18 bits per heavy atom. The largest absolute Gasteiger partial charge is 0.485 e. The second-order valence-electron chi connectivity index (χ2n) is 5.52. The molecule has 0 aliphatic rings. The maximum Gasteiger partial charge on any atom is 0.373 e. The summed E-state index contributed by atoms with van der Waals surface area (Å²) < 4.78 is 15.7. The monoisotopic (exact) mass is 379 g/mol. The Morgan fingerprint density at radius 2 is 2.04 bits per heavy atom. The predicted octanol–water partition coefficient (Wildman–Crippen LogP) is 2.80. The Balaban J connectivity index is 1.62. The molecule has 28 heavy (non-hydrogen) atoms. The summed E-state index contributed by atoms with van der Waals surface area (Å²) in [5.41, 5.74) is 3.50. The Morgan fingerprint density at radius 3 is 2.82 bits per heavy atom. The zero-order valence-corrected chi connectivity index (χ0v) is 15.0. The molecule has 3 rings (SSSR count). The Kier molecular flexibility index (Phi) is 6.14. The van der Waals surface area contributed by atoms with E-state index in [9.17, 15) is 9.59 Å². The molecule has 1 aromatic carbocycles. The van der Waals surface area contributed by atoms with Gasteiger partial charge in [0, 0.05) is 18.0 Å². The highest BCUT2D eigenvalue weighted by Gasteiger charge is 2.12. The van der Waals surface area contributed by atoms with E-state index in [2.05, 4.69) is 20.2 Å². The molecule has 8 nitrogen and oxygen atoms in total. The lowest BCUT2D eigenvalue weighted by molar-refractivity contribution is 0.0560. The molecule has 2 heterocycles. The minimum Gasteiger partial charge on any atom is -0.485 e. The molecule has 3 aromatic rings. The number of benzene rings is 1. The first-order valence-electron chi connectivity index (χ1n) is 8.29. The van der Waals surface area contributed by atoms with E-state index in [-0.39, 0.29) is 18.3 Å². The number of ether oxygens (including phenoxy) is 2. The third kappa shape index (κ3) is 4.82. The number of hydrogen-bond donors (Lipinski definition) is 1. The van der Waals surface area contributed by atoms with Crippen LogP contribution in [0.15, 0.2) is 70.4 Å². The maximum absolute atomic E-state index is 12.0. The lowest BCUT2D eigenvalue weighted by Crippen LogP contribution is -2.17. The van der Waals surface area contributed by atoms with Crippen LogP contribution >= 0.6 is 0 Å². The van der Waals surface area contributed by atoms with E-state index in [0.717, 1.165) is 0 Å². The quantitative estimate of drug-likeness (QED) is 0.385. The number of hydrazone groups is 1. The van der Waals surface area contributed by atoms with Gasteiger partial charge in [0.15, 0.2) is 0 Å². The summed E-state index contributed by atoms with van der Waals surface area (Å²) >= 11 is 0. The lowest BCUT2D eigenvalue weighted by Gasteiger charge is -2.07. The first-order chi connectivity index (χ1) is 13.7. The van der Waals surface area contributed by atoms with E-state index in [1.807, 2.05) is 12.1 Å². The molecule has 0 radical (unpaired) electrons. The van der Waals surface area contributed by atoms with Gasteiger partial charge in [0.2, 0.25) is 5.76 Å². The maximum atomic E-state index is 12.0. The fraction of sp³-hybridized carbons (Fsp3) is 0.100. The summed E-state index contributed by atoms with van der Waals surface area (Å²) in [7, 11) is 1.28. The average molecular weight is 379 g/mol. The van der Waals surface area contributed by atoms with Crippen LogP contribution in [0.5, 0.6) is 5.75 Å². The van der Waals surface area contributed by atoms with Gasteiger partial charge in [-0.15, -0.1) is 0 Å². The summed E-state index contributed by atoms with van der Waals surface area (Å²) in [5.74, 6) is 0.195. The molecule has 0 aliphatic carbocycles. The van der Waals surface area contributed by atoms with Crippen molar-refractivity contribution >= 4 is 18.1 Å². The lowest BCUT2D eigenvalue weighted by atomic mass is 10.2. The van der Waals surface area contributed by atoms with Crippen molar-refractivity contribution < 1.29 is 23.5 Å². The number of furan rings is 1. The number of carbonyl (C=O) groups is 2. The highest BCUT2D eigenvalue weighted by Crippen LogP contribution is 2.18.